The number of halogens is 2. The average molecular weight is 385 g/mol. The van der Waals surface area contributed by atoms with E-state index in [2.05, 4.69) is 21.2 Å². The van der Waals surface area contributed by atoms with Gasteiger partial charge in [0.25, 0.3) is 0 Å². The minimum Gasteiger partial charge on any atom is -0.461 e. The average Bonchev–Trinajstić information content (AvgIpc) is 3.07. The van der Waals surface area contributed by atoms with Gasteiger partial charge >= 0.3 is 5.97 Å². The second kappa shape index (κ2) is 4.96. The van der Waals surface area contributed by atoms with Crippen molar-refractivity contribution in [2.24, 2.45) is 23.7 Å². The van der Waals surface area contributed by atoms with E-state index in [-0.39, 0.29) is 46.5 Å². The fourth-order valence-corrected chi connectivity index (χ4v) is 5.45. The molecule has 1 N–H and O–H groups in total. The summed E-state index contributed by atoms with van der Waals surface area (Å²) in [5, 5.41) is 3.52. The third-order valence-corrected chi connectivity index (χ3v) is 6.87. The van der Waals surface area contributed by atoms with Crippen molar-refractivity contribution in [3.8, 4) is 0 Å². The van der Waals surface area contributed by atoms with E-state index in [0.29, 0.717) is 10.7 Å². The van der Waals surface area contributed by atoms with Gasteiger partial charge in [-0.3, -0.25) is 9.59 Å². The van der Waals surface area contributed by atoms with E-state index < -0.39 is 0 Å². The summed E-state index contributed by atoms with van der Waals surface area (Å²) in [6, 6.07) is 5.43. The SMILES string of the molecule is Cc1ccc(NC(=O)[C@H]2[C@@H]3C[C@H]4[C@H](OC(=O)[C@@H]42)[C@@H]3Br)cc1Cl. The summed E-state index contributed by atoms with van der Waals surface area (Å²) < 4.78 is 5.43. The fraction of sp³-hybridized carbons (Fsp3) is 0.500. The molecular formula is C16H15BrClNO3. The molecule has 2 saturated carbocycles. The van der Waals surface area contributed by atoms with Crippen molar-refractivity contribution >= 4 is 45.1 Å². The van der Waals surface area contributed by atoms with Gasteiger partial charge in [0.15, 0.2) is 0 Å². The number of anilines is 1. The molecule has 6 atom stereocenters. The second-order valence-electron chi connectivity index (χ2n) is 6.41. The maximum Gasteiger partial charge on any atom is 0.310 e. The molecule has 6 heteroatoms. The van der Waals surface area contributed by atoms with Crippen molar-refractivity contribution in [1.29, 1.82) is 0 Å². The number of rotatable bonds is 2. The van der Waals surface area contributed by atoms with E-state index in [0.717, 1.165) is 12.0 Å². The number of hydrogen-bond donors (Lipinski definition) is 1. The molecule has 1 aromatic rings. The lowest BCUT2D eigenvalue weighted by molar-refractivity contribution is -0.145. The van der Waals surface area contributed by atoms with Crippen LogP contribution in [-0.4, -0.2) is 22.8 Å². The zero-order chi connectivity index (χ0) is 15.6. The molecule has 0 spiro atoms. The molecule has 3 fully saturated rings. The van der Waals surface area contributed by atoms with Crippen LogP contribution < -0.4 is 5.32 Å². The smallest absolute Gasteiger partial charge is 0.310 e. The van der Waals surface area contributed by atoms with E-state index in [1.54, 1.807) is 6.07 Å². The number of ether oxygens (including phenoxy) is 1. The Morgan fingerprint density at radius 2 is 2.18 bits per heavy atom. The third kappa shape index (κ3) is 1.95. The Hall–Kier alpha value is -1.07. The molecule has 3 aliphatic rings. The summed E-state index contributed by atoms with van der Waals surface area (Å²) in [5.74, 6) is -0.599. The number of amides is 1. The maximum atomic E-state index is 12.7. The third-order valence-electron chi connectivity index (χ3n) is 5.27. The van der Waals surface area contributed by atoms with E-state index in [1.165, 1.54) is 0 Å². The van der Waals surface area contributed by atoms with Crippen LogP contribution in [0.4, 0.5) is 5.69 Å². The Labute approximate surface area is 141 Å². The lowest BCUT2D eigenvalue weighted by Crippen LogP contribution is -2.40. The Bertz CT molecular complexity index is 679. The van der Waals surface area contributed by atoms with Crippen molar-refractivity contribution in [2.45, 2.75) is 24.3 Å². The van der Waals surface area contributed by atoms with E-state index in [9.17, 15) is 9.59 Å². The molecule has 0 aromatic heterocycles. The van der Waals surface area contributed by atoms with Crippen molar-refractivity contribution in [1.82, 2.24) is 0 Å². The van der Waals surface area contributed by atoms with Crippen LogP contribution in [0.2, 0.25) is 5.02 Å². The van der Waals surface area contributed by atoms with Gasteiger partial charge < -0.3 is 10.1 Å². The first kappa shape index (κ1) is 14.5. The molecule has 1 aromatic carbocycles. The number of esters is 1. The standard InChI is InChI=1S/C16H15BrClNO3/c1-6-2-3-7(4-10(6)18)19-15(20)11-8-5-9-12(11)16(21)22-14(9)13(8)17/h2-4,8-9,11-14H,5H2,1H3,(H,19,20)/t8-,9+,11-,12-,13+,14-/m0/s1. The van der Waals surface area contributed by atoms with Crippen LogP contribution in [0.3, 0.4) is 0 Å². The normalized spacial score (nSPS) is 38.2. The molecule has 4 rings (SSSR count). The van der Waals surface area contributed by atoms with Gasteiger partial charge in [0.1, 0.15) is 6.10 Å². The van der Waals surface area contributed by atoms with Crippen LogP contribution in [-0.2, 0) is 14.3 Å². The van der Waals surface area contributed by atoms with Gasteiger partial charge in [-0.05, 0) is 37.0 Å². The number of carbonyl (C=O) groups excluding carboxylic acids is 2. The topological polar surface area (TPSA) is 55.4 Å². The van der Waals surface area contributed by atoms with Crippen molar-refractivity contribution in [3.05, 3.63) is 28.8 Å². The second-order valence-corrected chi connectivity index (χ2v) is 7.88. The van der Waals surface area contributed by atoms with Gasteiger partial charge in [0, 0.05) is 16.6 Å². The zero-order valence-corrected chi connectivity index (χ0v) is 14.2. The highest BCUT2D eigenvalue weighted by Gasteiger charge is 2.67. The molecular weight excluding hydrogens is 370 g/mol. The highest BCUT2D eigenvalue weighted by atomic mass is 79.9. The minimum absolute atomic E-state index is 0.0552. The predicted molar refractivity (Wildman–Crippen MR) is 86.0 cm³/mol. The van der Waals surface area contributed by atoms with Gasteiger partial charge in [-0.25, -0.2) is 0 Å². The van der Waals surface area contributed by atoms with E-state index in [1.807, 2.05) is 19.1 Å². The number of aryl methyl sites for hydroxylation is 1. The van der Waals surface area contributed by atoms with Crippen molar-refractivity contribution in [3.63, 3.8) is 0 Å². The summed E-state index contributed by atoms with van der Waals surface area (Å²) >= 11 is 9.71. The number of carbonyl (C=O) groups is 2. The lowest BCUT2D eigenvalue weighted by Gasteiger charge is -2.27. The zero-order valence-electron chi connectivity index (χ0n) is 11.9. The number of fused-ring (bicyclic) bond motifs is 1. The summed E-state index contributed by atoms with van der Waals surface area (Å²) in [7, 11) is 0. The first-order valence-corrected chi connectivity index (χ1v) is 8.68. The Morgan fingerprint density at radius 3 is 2.91 bits per heavy atom. The molecule has 22 heavy (non-hydrogen) atoms. The van der Waals surface area contributed by atoms with Crippen LogP contribution in [0, 0.1) is 30.6 Å². The Balaban J connectivity index is 1.58. The monoisotopic (exact) mass is 383 g/mol. The van der Waals surface area contributed by atoms with Crippen LogP contribution in [0.25, 0.3) is 0 Å². The minimum atomic E-state index is -0.319. The summed E-state index contributed by atoms with van der Waals surface area (Å²) in [6.07, 6.45) is 0.823. The van der Waals surface area contributed by atoms with Crippen molar-refractivity contribution in [2.75, 3.05) is 5.32 Å². The van der Waals surface area contributed by atoms with Crippen LogP contribution in [0.5, 0.6) is 0 Å². The first-order chi connectivity index (χ1) is 10.5. The summed E-state index contributed by atoms with van der Waals surface area (Å²) in [4.78, 5) is 24.8. The molecule has 1 heterocycles. The molecule has 1 aliphatic heterocycles. The predicted octanol–water partition coefficient (Wildman–Crippen LogP) is 3.16. The molecule has 1 amide bonds. The molecule has 0 unspecified atom stereocenters. The number of benzene rings is 1. The fourth-order valence-electron chi connectivity index (χ4n) is 4.23. The number of hydrogen-bond acceptors (Lipinski definition) is 3. The highest BCUT2D eigenvalue weighted by Crippen LogP contribution is 2.60. The van der Waals surface area contributed by atoms with Gasteiger partial charge in [0.2, 0.25) is 5.91 Å². The number of nitrogens with one attached hydrogen (secondary N) is 1. The molecule has 4 nitrogen and oxygen atoms in total. The number of alkyl halides is 1. The van der Waals surface area contributed by atoms with Gasteiger partial charge in [0.05, 0.1) is 16.7 Å². The quantitative estimate of drug-likeness (QED) is 0.629. The van der Waals surface area contributed by atoms with Crippen molar-refractivity contribution < 1.29 is 14.3 Å². The lowest BCUT2D eigenvalue weighted by atomic mass is 9.79. The molecule has 2 aliphatic carbocycles. The van der Waals surface area contributed by atoms with Gasteiger partial charge in [-0.15, -0.1) is 0 Å². The van der Waals surface area contributed by atoms with Crippen LogP contribution in [0.1, 0.15) is 12.0 Å². The molecule has 2 bridgehead atoms. The molecule has 116 valence electrons. The van der Waals surface area contributed by atoms with Crippen LogP contribution in [0.15, 0.2) is 18.2 Å². The van der Waals surface area contributed by atoms with Gasteiger partial charge in [-0.1, -0.05) is 33.6 Å². The highest BCUT2D eigenvalue weighted by molar-refractivity contribution is 9.09. The molecule has 1 saturated heterocycles. The summed E-state index contributed by atoms with van der Waals surface area (Å²) in [5.41, 5.74) is 1.62. The largest absolute Gasteiger partial charge is 0.461 e. The summed E-state index contributed by atoms with van der Waals surface area (Å²) in [6.45, 7) is 1.91. The van der Waals surface area contributed by atoms with Gasteiger partial charge in [-0.2, -0.15) is 0 Å². The maximum absolute atomic E-state index is 12.7. The molecule has 0 radical (unpaired) electrons. The van der Waals surface area contributed by atoms with E-state index in [4.69, 9.17) is 16.3 Å². The van der Waals surface area contributed by atoms with Crippen LogP contribution >= 0.6 is 27.5 Å². The Kier molecular flexibility index (Phi) is 3.28. The first-order valence-electron chi connectivity index (χ1n) is 7.39. The van der Waals surface area contributed by atoms with E-state index >= 15 is 0 Å². The Morgan fingerprint density at radius 1 is 1.41 bits per heavy atom.